The van der Waals surface area contributed by atoms with Gasteiger partial charge >= 0.3 is 11.7 Å². The highest BCUT2D eigenvalue weighted by Gasteiger charge is 2.17. The molecular formula is C21H20ClN5O4. The van der Waals surface area contributed by atoms with Crippen LogP contribution in [0.4, 0.5) is 0 Å². The Labute approximate surface area is 181 Å². The Balaban J connectivity index is 1.57. The van der Waals surface area contributed by atoms with Gasteiger partial charge in [-0.2, -0.15) is 0 Å². The lowest BCUT2D eigenvalue weighted by Gasteiger charge is -2.11. The fourth-order valence-corrected chi connectivity index (χ4v) is 3.66. The van der Waals surface area contributed by atoms with E-state index in [9.17, 15) is 14.4 Å². The van der Waals surface area contributed by atoms with Crippen molar-refractivity contribution in [1.82, 2.24) is 23.7 Å². The number of pyridine rings is 1. The molecule has 160 valence electrons. The summed E-state index contributed by atoms with van der Waals surface area (Å²) in [6.45, 7) is 3.69. The highest BCUT2D eigenvalue weighted by molar-refractivity contribution is 6.30. The van der Waals surface area contributed by atoms with E-state index in [1.807, 2.05) is 32.0 Å². The summed E-state index contributed by atoms with van der Waals surface area (Å²) in [5.41, 5.74) is 2.89. The first-order valence-corrected chi connectivity index (χ1v) is 9.88. The molecule has 0 spiro atoms. The summed E-state index contributed by atoms with van der Waals surface area (Å²) in [7, 11) is 2.88. The van der Waals surface area contributed by atoms with E-state index in [0.29, 0.717) is 5.56 Å². The van der Waals surface area contributed by atoms with Crippen LogP contribution in [0.15, 0.2) is 34.1 Å². The maximum Gasteiger partial charge on any atom is 0.332 e. The molecule has 9 nitrogen and oxygen atoms in total. The van der Waals surface area contributed by atoms with Crippen LogP contribution in [0.5, 0.6) is 0 Å². The van der Waals surface area contributed by atoms with Crippen molar-refractivity contribution in [3.05, 3.63) is 67.2 Å². The van der Waals surface area contributed by atoms with Crippen LogP contribution in [0.3, 0.4) is 0 Å². The second-order valence-corrected chi connectivity index (χ2v) is 7.79. The van der Waals surface area contributed by atoms with E-state index in [0.717, 1.165) is 26.6 Å². The van der Waals surface area contributed by atoms with E-state index >= 15 is 0 Å². The number of aryl methyl sites for hydroxylation is 3. The number of benzene rings is 1. The normalized spacial score (nSPS) is 11.4. The second-order valence-electron chi connectivity index (χ2n) is 7.43. The van der Waals surface area contributed by atoms with Gasteiger partial charge in [0.2, 0.25) is 0 Å². The summed E-state index contributed by atoms with van der Waals surface area (Å²) >= 11 is 6.31. The Kier molecular flexibility index (Phi) is 5.14. The molecule has 3 heterocycles. The van der Waals surface area contributed by atoms with Crippen LogP contribution < -0.4 is 11.2 Å². The van der Waals surface area contributed by atoms with Gasteiger partial charge in [-0.1, -0.05) is 23.7 Å². The van der Waals surface area contributed by atoms with Crippen molar-refractivity contribution in [2.45, 2.75) is 27.0 Å². The van der Waals surface area contributed by atoms with Gasteiger partial charge in [-0.3, -0.25) is 18.7 Å². The molecule has 0 saturated heterocycles. The van der Waals surface area contributed by atoms with E-state index in [2.05, 4.69) is 9.97 Å². The van der Waals surface area contributed by atoms with Crippen molar-refractivity contribution >= 4 is 39.6 Å². The van der Waals surface area contributed by atoms with Crippen molar-refractivity contribution in [2.24, 2.45) is 14.1 Å². The minimum Gasteiger partial charge on any atom is -0.459 e. The van der Waals surface area contributed by atoms with Crippen molar-refractivity contribution in [3.8, 4) is 0 Å². The van der Waals surface area contributed by atoms with Gasteiger partial charge in [-0.05, 0) is 31.0 Å². The van der Waals surface area contributed by atoms with Gasteiger partial charge in [-0.25, -0.2) is 14.8 Å². The molecule has 3 aromatic heterocycles. The Morgan fingerprint density at radius 2 is 1.90 bits per heavy atom. The average molecular weight is 442 g/mol. The van der Waals surface area contributed by atoms with Gasteiger partial charge in [-0.15, -0.1) is 0 Å². The summed E-state index contributed by atoms with van der Waals surface area (Å²) < 4.78 is 8.96. The second kappa shape index (κ2) is 7.66. The minimum absolute atomic E-state index is 0.0589. The number of halogens is 1. The number of hydrogen-bond acceptors (Lipinski definition) is 6. The smallest absolute Gasteiger partial charge is 0.332 e. The SMILES string of the molecule is Cc1ccc2cc(COC(=O)Cn3cnc4c3c(=O)n(C)c(=O)n4C)c(Cl)nc2c1C. The van der Waals surface area contributed by atoms with Gasteiger partial charge < -0.3 is 9.30 Å². The van der Waals surface area contributed by atoms with E-state index < -0.39 is 17.2 Å². The minimum atomic E-state index is -0.577. The van der Waals surface area contributed by atoms with Crippen LogP contribution in [0.25, 0.3) is 22.1 Å². The third-order valence-corrected chi connectivity index (χ3v) is 5.77. The maximum absolute atomic E-state index is 12.5. The van der Waals surface area contributed by atoms with Crippen LogP contribution in [0.1, 0.15) is 16.7 Å². The average Bonchev–Trinajstić information content (AvgIpc) is 3.16. The molecule has 0 atom stereocenters. The number of esters is 1. The standard InChI is InChI=1S/C21H20ClN5O4/c1-11-5-6-13-7-14(18(22)24-16(13)12(11)2)9-31-15(28)8-27-10-23-19-17(27)20(29)26(4)21(30)25(19)3/h5-7,10H,8-9H2,1-4H3. The van der Waals surface area contributed by atoms with Crippen LogP contribution in [0, 0.1) is 13.8 Å². The lowest BCUT2D eigenvalue weighted by atomic mass is 10.0. The van der Waals surface area contributed by atoms with Crippen molar-refractivity contribution < 1.29 is 9.53 Å². The van der Waals surface area contributed by atoms with Crippen LogP contribution in [-0.2, 0) is 36.8 Å². The summed E-state index contributed by atoms with van der Waals surface area (Å²) in [5.74, 6) is -0.577. The Bertz CT molecular complexity index is 1480. The first-order valence-electron chi connectivity index (χ1n) is 9.51. The largest absolute Gasteiger partial charge is 0.459 e. The molecule has 0 fully saturated rings. The third kappa shape index (κ3) is 3.50. The monoisotopic (exact) mass is 441 g/mol. The highest BCUT2D eigenvalue weighted by atomic mass is 35.5. The summed E-state index contributed by atoms with van der Waals surface area (Å²) in [6.07, 6.45) is 1.34. The topological polar surface area (TPSA) is 101 Å². The number of nitrogens with zero attached hydrogens (tertiary/aromatic N) is 5. The van der Waals surface area contributed by atoms with E-state index in [1.54, 1.807) is 0 Å². The molecule has 0 unspecified atom stereocenters. The number of fused-ring (bicyclic) bond motifs is 2. The number of carbonyl (C=O) groups is 1. The lowest BCUT2D eigenvalue weighted by Crippen LogP contribution is -2.37. The molecule has 4 rings (SSSR count). The maximum atomic E-state index is 12.5. The van der Waals surface area contributed by atoms with Crippen molar-refractivity contribution in [3.63, 3.8) is 0 Å². The Hall–Kier alpha value is -3.46. The molecule has 0 saturated carbocycles. The van der Waals surface area contributed by atoms with Gasteiger partial charge in [0.05, 0.1) is 11.8 Å². The van der Waals surface area contributed by atoms with E-state index in [4.69, 9.17) is 16.3 Å². The van der Waals surface area contributed by atoms with Crippen LogP contribution >= 0.6 is 11.6 Å². The molecule has 0 amide bonds. The van der Waals surface area contributed by atoms with Gasteiger partial charge in [0.15, 0.2) is 11.2 Å². The number of aromatic nitrogens is 5. The zero-order valence-corrected chi connectivity index (χ0v) is 18.2. The third-order valence-electron chi connectivity index (χ3n) is 5.44. The number of ether oxygens (including phenoxy) is 1. The number of imidazole rings is 1. The Morgan fingerprint density at radius 3 is 2.65 bits per heavy atom. The highest BCUT2D eigenvalue weighted by Crippen LogP contribution is 2.25. The van der Waals surface area contributed by atoms with E-state index in [1.165, 1.54) is 29.6 Å². The summed E-state index contributed by atoms with van der Waals surface area (Å²) in [4.78, 5) is 45.5. The van der Waals surface area contributed by atoms with Gasteiger partial charge in [0, 0.05) is 25.0 Å². The van der Waals surface area contributed by atoms with Crippen molar-refractivity contribution in [2.75, 3.05) is 0 Å². The van der Waals surface area contributed by atoms with Crippen molar-refractivity contribution in [1.29, 1.82) is 0 Å². The van der Waals surface area contributed by atoms with Gasteiger partial charge in [0.1, 0.15) is 18.3 Å². The van der Waals surface area contributed by atoms with Gasteiger partial charge in [0.25, 0.3) is 5.56 Å². The molecule has 4 aromatic rings. The molecule has 0 bridgehead atoms. The molecule has 0 aliphatic rings. The predicted octanol–water partition coefficient (Wildman–Crippen LogP) is 2.00. The van der Waals surface area contributed by atoms with E-state index in [-0.39, 0.29) is 29.5 Å². The molecule has 0 N–H and O–H groups in total. The Morgan fingerprint density at radius 1 is 1.16 bits per heavy atom. The molecule has 0 aliphatic carbocycles. The number of rotatable bonds is 4. The number of carbonyl (C=O) groups excluding carboxylic acids is 1. The summed E-state index contributed by atoms with van der Waals surface area (Å²) in [5, 5.41) is 1.18. The molecule has 0 aliphatic heterocycles. The molecule has 31 heavy (non-hydrogen) atoms. The predicted molar refractivity (Wildman–Crippen MR) is 116 cm³/mol. The fraction of sp³-hybridized carbons (Fsp3) is 0.286. The first kappa shape index (κ1) is 20.8. The van der Waals surface area contributed by atoms with Crippen LogP contribution in [0.2, 0.25) is 5.15 Å². The molecule has 10 heteroatoms. The fourth-order valence-electron chi connectivity index (χ4n) is 3.47. The zero-order chi connectivity index (χ0) is 22.4. The first-order chi connectivity index (χ1) is 14.7. The lowest BCUT2D eigenvalue weighted by molar-refractivity contribution is -0.145. The zero-order valence-electron chi connectivity index (χ0n) is 17.5. The van der Waals surface area contributed by atoms with Crippen LogP contribution in [-0.4, -0.2) is 29.6 Å². The molecule has 0 radical (unpaired) electrons. The number of hydrogen-bond donors (Lipinski definition) is 0. The summed E-state index contributed by atoms with van der Waals surface area (Å²) in [6, 6.07) is 5.80. The molecular weight excluding hydrogens is 422 g/mol. The molecule has 1 aromatic carbocycles. The quantitative estimate of drug-likeness (QED) is 0.354.